The fourth-order valence-electron chi connectivity index (χ4n) is 2.98. The normalized spacial score (nSPS) is 16.5. The lowest BCUT2D eigenvalue weighted by atomic mass is 10.2. The molecule has 1 saturated heterocycles. The van der Waals surface area contributed by atoms with Crippen molar-refractivity contribution in [2.75, 3.05) is 33.2 Å². The largest absolute Gasteiger partial charge is 0.353 e. The van der Waals surface area contributed by atoms with E-state index in [1.165, 1.54) is 64.0 Å². The van der Waals surface area contributed by atoms with Crippen molar-refractivity contribution < 1.29 is 13.2 Å². The third-order valence-corrected chi connectivity index (χ3v) is 5.97. The first-order valence-corrected chi connectivity index (χ1v) is 10.7. The van der Waals surface area contributed by atoms with Crippen LogP contribution < -0.4 is 10.0 Å². The molecule has 7 heteroatoms. The van der Waals surface area contributed by atoms with Gasteiger partial charge in [0.15, 0.2) is 0 Å². The van der Waals surface area contributed by atoms with Gasteiger partial charge in [-0.3, -0.25) is 4.79 Å². The summed E-state index contributed by atoms with van der Waals surface area (Å²) in [4.78, 5) is 14.6. The predicted molar refractivity (Wildman–Crippen MR) is 104 cm³/mol. The van der Waals surface area contributed by atoms with Gasteiger partial charge in [0, 0.05) is 12.6 Å². The van der Waals surface area contributed by atoms with Crippen LogP contribution in [0.2, 0.25) is 0 Å². The molecule has 1 aromatic rings. The Labute approximate surface area is 156 Å². The molecule has 26 heavy (non-hydrogen) atoms. The van der Waals surface area contributed by atoms with Gasteiger partial charge in [0.25, 0.3) is 0 Å². The zero-order valence-electron chi connectivity index (χ0n) is 15.4. The minimum atomic E-state index is -3.43. The van der Waals surface area contributed by atoms with Crippen LogP contribution >= 0.6 is 0 Å². The van der Waals surface area contributed by atoms with Crippen molar-refractivity contribution in [2.24, 2.45) is 0 Å². The Morgan fingerprint density at radius 3 is 2.38 bits per heavy atom. The molecule has 1 aliphatic rings. The molecular formula is C19H29N3O3S. The zero-order chi connectivity index (χ0) is 18.8. The molecule has 1 heterocycles. The molecule has 144 valence electrons. The third-order valence-electron chi connectivity index (χ3n) is 4.54. The summed E-state index contributed by atoms with van der Waals surface area (Å²) >= 11 is 0. The van der Waals surface area contributed by atoms with Crippen LogP contribution in [0, 0.1) is 0 Å². The van der Waals surface area contributed by atoms with Gasteiger partial charge in [0.2, 0.25) is 15.9 Å². The summed E-state index contributed by atoms with van der Waals surface area (Å²) in [6, 6.07) is 6.38. The highest BCUT2D eigenvalue weighted by Crippen LogP contribution is 2.11. The van der Waals surface area contributed by atoms with Crippen molar-refractivity contribution in [3.05, 3.63) is 35.9 Å². The summed E-state index contributed by atoms with van der Waals surface area (Å²) in [6.07, 6.45) is 9.34. The number of hydrogen-bond acceptors (Lipinski definition) is 4. The molecule has 1 fully saturated rings. The van der Waals surface area contributed by atoms with E-state index in [1.807, 2.05) is 0 Å². The fourth-order valence-corrected chi connectivity index (χ4v) is 3.71. The van der Waals surface area contributed by atoms with Crippen LogP contribution in [0.5, 0.6) is 0 Å². The van der Waals surface area contributed by atoms with E-state index in [1.54, 1.807) is 18.2 Å². The number of carbonyl (C=O) groups is 1. The van der Waals surface area contributed by atoms with Crippen LogP contribution in [-0.4, -0.2) is 52.5 Å². The van der Waals surface area contributed by atoms with Gasteiger partial charge in [0.1, 0.15) is 0 Å². The summed E-state index contributed by atoms with van der Waals surface area (Å²) in [7, 11) is -2.05. The summed E-state index contributed by atoms with van der Waals surface area (Å²) in [5.41, 5.74) is 0.778. The molecule has 0 unspecified atom stereocenters. The first kappa shape index (κ1) is 20.6. The van der Waals surface area contributed by atoms with Crippen LogP contribution in [0.1, 0.15) is 37.7 Å². The van der Waals surface area contributed by atoms with Gasteiger partial charge in [0.05, 0.1) is 4.90 Å². The van der Waals surface area contributed by atoms with Crippen molar-refractivity contribution in [1.82, 2.24) is 14.9 Å². The van der Waals surface area contributed by atoms with Gasteiger partial charge in [-0.05, 0) is 69.7 Å². The molecule has 0 saturated carbocycles. The number of carbonyl (C=O) groups excluding carboxylic acids is 1. The van der Waals surface area contributed by atoms with Crippen LogP contribution in [0.4, 0.5) is 0 Å². The lowest BCUT2D eigenvalue weighted by Crippen LogP contribution is -2.30. The molecule has 0 bridgehead atoms. The zero-order valence-corrected chi connectivity index (χ0v) is 16.2. The monoisotopic (exact) mass is 379 g/mol. The molecule has 0 spiro atoms. The molecule has 0 atom stereocenters. The SMILES string of the molecule is CNS(=O)(=O)c1ccc(/C=C/C(=O)NCCCN2CCCCCC2)cc1. The number of benzene rings is 1. The van der Waals surface area contributed by atoms with Gasteiger partial charge in [-0.1, -0.05) is 25.0 Å². The highest BCUT2D eigenvalue weighted by Gasteiger charge is 2.10. The average Bonchev–Trinajstić information content (AvgIpc) is 2.93. The van der Waals surface area contributed by atoms with E-state index < -0.39 is 10.0 Å². The Morgan fingerprint density at radius 1 is 1.12 bits per heavy atom. The molecule has 2 N–H and O–H groups in total. The van der Waals surface area contributed by atoms with E-state index in [0.29, 0.717) is 6.54 Å². The Hall–Kier alpha value is -1.70. The molecular weight excluding hydrogens is 350 g/mol. The first-order chi connectivity index (χ1) is 12.5. The summed E-state index contributed by atoms with van der Waals surface area (Å²) in [5, 5.41) is 2.89. The molecule has 2 rings (SSSR count). The van der Waals surface area contributed by atoms with Gasteiger partial charge >= 0.3 is 0 Å². The molecule has 6 nitrogen and oxygen atoms in total. The second-order valence-corrected chi connectivity index (χ2v) is 8.40. The van der Waals surface area contributed by atoms with Crippen LogP contribution in [0.15, 0.2) is 35.2 Å². The van der Waals surface area contributed by atoms with Gasteiger partial charge < -0.3 is 10.2 Å². The smallest absolute Gasteiger partial charge is 0.243 e. The number of likely N-dealkylation sites (tertiary alicyclic amines) is 1. The quantitative estimate of drug-likeness (QED) is 0.535. The van der Waals surface area contributed by atoms with E-state index in [0.717, 1.165) is 18.5 Å². The highest BCUT2D eigenvalue weighted by molar-refractivity contribution is 7.89. The van der Waals surface area contributed by atoms with Crippen molar-refractivity contribution in [3.63, 3.8) is 0 Å². The number of nitrogens with one attached hydrogen (secondary N) is 2. The Bertz CT molecular complexity index is 691. The molecule has 1 aromatic carbocycles. The number of sulfonamides is 1. The lowest BCUT2D eigenvalue weighted by Gasteiger charge is -2.19. The fraction of sp³-hybridized carbons (Fsp3) is 0.526. The Kier molecular flexibility index (Phi) is 8.28. The predicted octanol–water partition coefficient (Wildman–Crippen LogP) is 1.99. The molecule has 1 aliphatic heterocycles. The minimum Gasteiger partial charge on any atom is -0.353 e. The first-order valence-electron chi connectivity index (χ1n) is 9.23. The van der Waals surface area contributed by atoms with Crippen molar-refractivity contribution in [1.29, 1.82) is 0 Å². The molecule has 1 amide bonds. The van der Waals surface area contributed by atoms with E-state index in [2.05, 4.69) is 14.9 Å². The van der Waals surface area contributed by atoms with E-state index in [9.17, 15) is 13.2 Å². The van der Waals surface area contributed by atoms with Crippen molar-refractivity contribution >= 4 is 22.0 Å². The summed E-state index contributed by atoms with van der Waals surface area (Å²) < 4.78 is 25.6. The standard InChI is InChI=1S/C19H29N3O3S/c1-20-26(24,25)18-10-7-17(8-11-18)9-12-19(23)21-13-6-16-22-14-4-2-3-5-15-22/h7-12,20H,2-6,13-16H2,1H3,(H,21,23)/b12-9+. The lowest BCUT2D eigenvalue weighted by molar-refractivity contribution is -0.116. The van der Waals surface area contributed by atoms with Crippen LogP contribution in [0.3, 0.4) is 0 Å². The Balaban J connectivity index is 1.71. The Morgan fingerprint density at radius 2 is 1.77 bits per heavy atom. The van der Waals surface area contributed by atoms with E-state index >= 15 is 0 Å². The molecule has 0 radical (unpaired) electrons. The van der Waals surface area contributed by atoms with Gasteiger partial charge in [-0.25, -0.2) is 13.1 Å². The van der Waals surface area contributed by atoms with Crippen molar-refractivity contribution in [2.45, 2.75) is 37.0 Å². The van der Waals surface area contributed by atoms with Crippen molar-refractivity contribution in [3.8, 4) is 0 Å². The van der Waals surface area contributed by atoms with E-state index in [4.69, 9.17) is 0 Å². The number of nitrogens with zero attached hydrogens (tertiary/aromatic N) is 1. The average molecular weight is 380 g/mol. The number of rotatable bonds is 8. The number of amides is 1. The molecule has 0 aromatic heterocycles. The third kappa shape index (κ3) is 6.90. The second-order valence-electron chi connectivity index (χ2n) is 6.51. The van der Waals surface area contributed by atoms with Crippen LogP contribution in [-0.2, 0) is 14.8 Å². The second kappa shape index (κ2) is 10.4. The van der Waals surface area contributed by atoms with Gasteiger partial charge in [-0.2, -0.15) is 0 Å². The van der Waals surface area contributed by atoms with Gasteiger partial charge in [-0.15, -0.1) is 0 Å². The minimum absolute atomic E-state index is 0.132. The van der Waals surface area contributed by atoms with E-state index in [-0.39, 0.29) is 10.8 Å². The topological polar surface area (TPSA) is 78.5 Å². The van der Waals surface area contributed by atoms with Crippen LogP contribution in [0.25, 0.3) is 6.08 Å². The summed E-state index contributed by atoms with van der Waals surface area (Å²) in [5.74, 6) is -0.132. The highest BCUT2D eigenvalue weighted by atomic mass is 32.2. The molecule has 0 aliphatic carbocycles. The maximum Gasteiger partial charge on any atom is 0.243 e. The summed E-state index contributed by atoms with van der Waals surface area (Å²) in [6.45, 7) is 4.05. The maximum absolute atomic E-state index is 11.9. The maximum atomic E-state index is 11.9. The number of hydrogen-bond donors (Lipinski definition) is 2.